The van der Waals surface area contributed by atoms with Crippen molar-refractivity contribution in [1.82, 2.24) is 20.4 Å². The van der Waals surface area contributed by atoms with E-state index in [1.54, 1.807) is 17.5 Å². The van der Waals surface area contributed by atoms with Crippen LogP contribution in [0.3, 0.4) is 0 Å². The molecule has 0 bridgehead atoms. The van der Waals surface area contributed by atoms with Gasteiger partial charge in [-0.05, 0) is 23.9 Å². The van der Waals surface area contributed by atoms with Crippen LogP contribution < -0.4 is 5.32 Å². The fraction of sp³-hybridized carbons (Fsp3) is 0.353. The summed E-state index contributed by atoms with van der Waals surface area (Å²) >= 11 is 5.37. The zero-order chi connectivity index (χ0) is 22.1. The number of β-lactam (4-membered cyclic amide) rings is 1. The number of carbonyl (C=O) groups excluding carboxylic acids is 2. The van der Waals surface area contributed by atoms with Crippen LogP contribution in [0.25, 0.3) is 0 Å². The average Bonchev–Trinajstić information content (AvgIpc) is 3.42. The van der Waals surface area contributed by atoms with Crippen LogP contribution in [0, 0.1) is 11.8 Å². The lowest BCUT2D eigenvalue weighted by atomic mass is 10.0. The first kappa shape index (κ1) is 21.9. The van der Waals surface area contributed by atoms with Crippen LogP contribution in [0.2, 0.25) is 0 Å². The lowest BCUT2D eigenvalue weighted by molar-refractivity contribution is -0.150. The predicted octanol–water partition coefficient (Wildman–Crippen LogP) is 2.25. The topological polar surface area (TPSA) is 142 Å². The predicted molar refractivity (Wildman–Crippen MR) is 118 cm³/mol. The highest BCUT2D eigenvalue weighted by molar-refractivity contribution is 8.01. The molecule has 1 saturated heterocycles. The maximum absolute atomic E-state index is 12.7. The van der Waals surface area contributed by atoms with Crippen molar-refractivity contribution in [2.75, 3.05) is 11.5 Å². The number of amides is 2. The van der Waals surface area contributed by atoms with Crippen molar-refractivity contribution >= 4 is 64.0 Å². The summed E-state index contributed by atoms with van der Waals surface area (Å²) in [6.45, 7) is 1.83. The lowest BCUT2D eigenvalue weighted by Gasteiger charge is -2.49. The van der Waals surface area contributed by atoms with Gasteiger partial charge in [0.15, 0.2) is 4.34 Å². The number of carboxylic acid groups (broad SMARTS) is 1. The third-order valence-corrected chi connectivity index (χ3v) is 8.91. The highest BCUT2D eigenvalue weighted by Gasteiger charge is 2.54. The van der Waals surface area contributed by atoms with Gasteiger partial charge in [0.05, 0.1) is 0 Å². The third-order valence-electron chi connectivity index (χ3n) is 4.59. The Hall–Kier alpha value is -2.29. The van der Waals surface area contributed by atoms with Crippen molar-refractivity contribution in [3.05, 3.63) is 43.6 Å². The minimum absolute atomic E-state index is 0.0590. The van der Waals surface area contributed by atoms with Gasteiger partial charge in [-0.3, -0.25) is 14.5 Å². The number of nitroso groups, excluding NO2 is 1. The Morgan fingerprint density at radius 2 is 2.26 bits per heavy atom. The molecule has 2 N–H and O–H groups in total. The van der Waals surface area contributed by atoms with Crippen molar-refractivity contribution in [3.63, 3.8) is 0 Å². The van der Waals surface area contributed by atoms with Gasteiger partial charge >= 0.3 is 5.97 Å². The van der Waals surface area contributed by atoms with Crippen molar-refractivity contribution in [3.8, 4) is 0 Å². The van der Waals surface area contributed by atoms with Crippen LogP contribution >= 0.6 is 46.2 Å². The van der Waals surface area contributed by atoms with Gasteiger partial charge in [0.25, 0.3) is 11.8 Å². The Morgan fingerprint density at radius 1 is 1.45 bits per heavy atom. The summed E-state index contributed by atoms with van der Waals surface area (Å²) in [4.78, 5) is 50.0. The second kappa shape index (κ2) is 9.06. The first-order valence-corrected chi connectivity index (χ1v) is 12.6. The summed E-state index contributed by atoms with van der Waals surface area (Å²) in [5.74, 6) is -1.63. The average molecular weight is 498 g/mol. The third kappa shape index (κ3) is 4.24. The molecule has 31 heavy (non-hydrogen) atoms. The number of hydrogen-bond donors (Lipinski definition) is 2. The number of carboxylic acids is 1. The van der Waals surface area contributed by atoms with Gasteiger partial charge in [-0.2, -0.15) is 0 Å². The second-order valence-corrected chi connectivity index (χ2v) is 11.0. The largest absolute Gasteiger partial charge is 0.477 e. The zero-order valence-corrected chi connectivity index (χ0v) is 19.1. The van der Waals surface area contributed by atoms with Gasteiger partial charge in [-0.25, -0.2) is 4.79 Å². The monoisotopic (exact) mass is 497 g/mol. The Kier molecular flexibility index (Phi) is 6.41. The highest BCUT2D eigenvalue weighted by Crippen LogP contribution is 2.42. The summed E-state index contributed by atoms with van der Waals surface area (Å²) in [6.07, 6.45) is 0. The fourth-order valence-corrected chi connectivity index (χ4v) is 7.24. The molecular formula is C17H15N5O5S4. The molecular weight excluding hydrogens is 482 g/mol. The van der Waals surface area contributed by atoms with Gasteiger partial charge in [0.2, 0.25) is 6.04 Å². The Morgan fingerprint density at radius 3 is 2.87 bits per heavy atom. The van der Waals surface area contributed by atoms with Crippen LogP contribution in [0.1, 0.15) is 15.9 Å². The molecule has 2 aliphatic rings. The van der Waals surface area contributed by atoms with E-state index in [4.69, 9.17) is 0 Å². The van der Waals surface area contributed by atoms with Crippen molar-refractivity contribution < 1.29 is 19.5 Å². The number of carbonyl (C=O) groups is 3. The minimum Gasteiger partial charge on any atom is -0.477 e. The number of hydrogen-bond acceptors (Lipinski definition) is 11. The summed E-state index contributed by atoms with van der Waals surface area (Å²) in [5, 5.41) is 25.1. The molecule has 2 aromatic rings. The molecule has 2 amide bonds. The molecule has 0 aromatic carbocycles. The molecule has 0 saturated carbocycles. The maximum atomic E-state index is 12.7. The van der Waals surface area contributed by atoms with E-state index in [-0.39, 0.29) is 5.70 Å². The van der Waals surface area contributed by atoms with E-state index >= 15 is 0 Å². The summed E-state index contributed by atoms with van der Waals surface area (Å²) < 4.78 is 0.725. The molecule has 2 aliphatic heterocycles. The van der Waals surface area contributed by atoms with Crippen molar-refractivity contribution in [2.24, 2.45) is 5.18 Å². The summed E-state index contributed by atoms with van der Waals surface area (Å²) in [7, 11) is 0. The maximum Gasteiger partial charge on any atom is 0.352 e. The molecule has 0 aliphatic carbocycles. The number of aryl methyl sites for hydroxylation is 1. The Balaban J connectivity index is 1.47. The number of nitrogens with one attached hydrogen (secondary N) is 1. The van der Waals surface area contributed by atoms with Crippen LogP contribution in [0.5, 0.6) is 0 Å². The van der Waals surface area contributed by atoms with Gasteiger partial charge < -0.3 is 10.4 Å². The van der Waals surface area contributed by atoms with E-state index in [0.29, 0.717) is 22.0 Å². The molecule has 14 heteroatoms. The van der Waals surface area contributed by atoms with E-state index < -0.39 is 35.2 Å². The SMILES string of the molecule is Cc1nnc(SCC2=C(C(=O)O)N3C(=O)[C@@H](NC(=O)C(N=O)c4cccs4)[C@@H]3SC2)s1. The van der Waals surface area contributed by atoms with Crippen LogP contribution in [0.15, 0.2) is 38.3 Å². The standard InChI is InChI=1S/C17H15N5O5S4/c1-7-19-20-17(31-7)30-6-8-5-29-15-11(14(24)22(15)12(8)16(25)26)18-13(23)10(21-27)9-3-2-4-28-9/h2-4,10-11,15H,5-6H2,1H3,(H,18,23)(H,25,26)/t10?,11-,15+/m1/s1. The Labute approximate surface area is 192 Å². The van der Waals surface area contributed by atoms with E-state index in [0.717, 1.165) is 9.35 Å². The first-order chi connectivity index (χ1) is 14.9. The number of aliphatic carboxylic acids is 1. The van der Waals surface area contributed by atoms with Gasteiger partial charge in [0.1, 0.15) is 22.1 Å². The van der Waals surface area contributed by atoms with Crippen LogP contribution in [0.4, 0.5) is 0 Å². The van der Waals surface area contributed by atoms with Crippen molar-refractivity contribution in [2.45, 2.75) is 28.7 Å². The smallest absolute Gasteiger partial charge is 0.352 e. The molecule has 3 atom stereocenters. The summed E-state index contributed by atoms with van der Waals surface area (Å²) in [5.41, 5.74) is 0.548. The first-order valence-electron chi connectivity index (χ1n) is 8.90. The molecule has 162 valence electrons. The number of aromatic nitrogens is 2. The number of rotatable bonds is 8. The second-order valence-electron chi connectivity index (χ2n) is 6.55. The summed E-state index contributed by atoms with van der Waals surface area (Å²) in [6, 6.07) is 1.17. The minimum atomic E-state index is -1.24. The Bertz CT molecular complexity index is 1070. The fourth-order valence-electron chi connectivity index (χ4n) is 3.19. The normalized spacial score (nSPS) is 21.3. The number of nitrogens with zero attached hydrogens (tertiary/aromatic N) is 4. The highest BCUT2D eigenvalue weighted by atomic mass is 32.2. The molecule has 10 nitrogen and oxygen atoms in total. The van der Waals surface area contributed by atoms with Gasteiger partial charge in [-0.15, -0.1) is 38.2 Å². The quantitative estimate of drug-likeness (QED) is 0.319. The number of thioether (sulfide) groups is 2. The molecule has 4 rings (SSSR count). The van der Waals surface area contributed by atoms with E-state index in [1.165, 1.54) is 51.1 Å². The number of fused-ring (bicyclic) bond motifs is 1. The van der Waals surface area contributed by atoms with Crippen molar-refractivity contribution in [1.29, 1.82) is 0 Å². The molecule has 2 aromatic heterocycles. The molecule has 4 heterocycles. The van der Waals surface area contributed by atoms with E-state index in [2.05, 4.69) is 20.7 Å². The molecule has 1 unspecified atom stereocenters. The van der Waals surface area contributed by atoms with E-state index in [9.17, 15) is 24.4 Å². The van der Waals surface area contributed by atoms with E-state index in [1.807, 2.05) is 6.92 Å². The molecule has 0 spiro atoms. The van der Waals surface area contributed by atoms with Gasteiger partial charge in [0, 0.05) is 16.4 Å². The molecule has 0 radical (unpaired) electrons. The molecule has 1 fully saturated rings. The van der Waals surface area contributed by atoms with Crippen LogP contribution in [-0.4, -0.2) is 60.9 Å². The van der Waals surface area contributed by atoms with Crippen LogP contribution in [-0.2, 0) is 14.4 Å². The zero-order valence-electron chi connectivity index (χ0n) is 15.9. The number of thiophene rings is 1. The van der Waals surface area contributed by atoms with Gasteiger partial charge in [-0.1, -0.05) is 34.3 Å². The lowest BCUT2D eigenvalue weighted by Crippen LogP contribution is -2.70.